The lowest BCUT2D eigenvalue weighted by Gasteiger charge is -2.31. The molecule has 0 aromatic carbocycles. The third kappa shape index (κ3) is 2.74. The van der Waals surface area contributed by atoms with Crippen LogP contribution in [0.25, 0.3) is 0 Å². The summed E-state index contributed by atoms with van der Waals surface area (Å²) >= 11 is 0. The fourth-order valence-corrected chi connectivity index (χ4v) is 1.58. The van der Waals surface area contributed by atoms with Gasteiger partial charge in [-0.3, -0.25) is 4.79 Å². The van der Waals surface area contributed by atoms with Crippen LogP contribution in [-0.2, 0) is 4.79 Å². The molecule has 0 aromatic rings. The summed E-state index contributed by atoms with van der Waals surface area (Å²) in [5.41, 5.74) is 0. The molecule has 1 rings (SSSR count). The van der Waals surface area contributed by atoms with E-state index in [-0.39, 0.29) is 12.3 Å². The highest BCUT2D eigenvalue weighted by molar-refractivity contribution is 5.78. The number of nitrogens with zero attached hydrogens (tertiary/aromatic N) is 1. The standard InChI is InChI=1S/C10H16N2O/c1-3-5-10(13)12(2)9-6-4-7-11-8-9/h1,9,11H,4-8H2,2H3. The SMILES string of the molecule is C#CCC(=O)N(C)C1CCCNC1. The largest absolute Gasteiger partial charge is 0.341 e. The van der Waals surface area contributed by atoms with Crippen molar-refractivity contribution in [1.82, 2.24) is 10.2 Å². The van der Waals surface area contributed by atoms with E-state index in [1.54, 1.807) is 4.90 Å². The minimum absolute atomic E-state index is 0.0520. The summed E-state index contributed by atoms with van der Waals surface area (Å²) in [7, 11) is 1.83. The quantitative estimate of drug-likeness (QED) is 0.617. The van der Waals surface area contributed by atoms with Gasteiger partial charge in [-0.05, 0) is 19.4 Å². The van der Waals surface area contributed by atoms with E-state index in [0.29, 0.717) is 6.04 Å². The molecule has 3 nitrogen and oxygen atoms in total. The Hall–Kier alpha value is -1.01. The summed E-state index contributed by atoms with van der Waals surface area (Å²) in [6, 6.07) is 0.328. The van der Waals surface area contributed by atoms with Crippen LogP contribution >= 0.6 is 0 Å². The van der Waals surface area contributed by atoms with Crippen molar-refractivity contribution in [1.29, 1.82) is 0 Å². The molecule has 1 unspecified atom stereocenters. The van der Waals surface area contributed by atoms with Crippen LogP contribution in [0.5, 0.6) is 0 Å². The first-order chi connectivity index (χ1) is 6.25. The lowest BCUT2D eigenvalue weighted by molar-refractivity contribution is -0.131. The maximum Gasteiger partial charge on any atom is 0.234 e. The summed E-state index contributed by atoms with van der Waals surface area (Å²) in [5.74, 6) is 2.43. The Morgan fingerprint density at radius 2 is 2.54 bits per heavy atom. The van der Waals surface area contributed by atoms with Crippen molar-refractivity contribution >= 4 is 5.91 Å². The summed E-state index contributed by atoms with van der Waals surface area (Å²) in [4.78, 5) is 13.2. The van der Waals surface area contributed by atoms with E-state index in [2.05, 4.69) is 11.2 Å². The van der Waals surface area contributed by atoms with E-state index in [9.17, 15) is 4.79 Å². The Kier molecular flexibility index (Phi) is 3.78. The van der Waals surface area contributed by atoms with E-state index in [4.69, 9.17) is 6.42 Å². The monoisotopic (exact) mass is 180 g/mol. The summed E-state index contributed by atoms with van der Waals surface area (Å²) < 4.78 is 0. The molecule has 1 aliphatic rings. The summed E-state index contributed by atoms with van der Waals surface area (Å²) in [6.07, 6.45) is 7.52. The lowest BCUT2D eigenvalue weighted by atomic mass is 10.1. The average Bonchev–Trinajstić information content (AvgIpc) is 2.18. The zero-order valence-corrected chi connectivity index (χ0v) is 8.05. The number of hydrogen-bond acceptors (Lipinski definition) is 2. The van der Waals surface area contributed by atoms with Gasteiger partial charge in [-0.25, -0.2) is 0 Å². The Balaban J connectivity index is 2.41. The third-order valence-corrected chi connectivity index (χ3v) is 2.47. The average molecular weight is 180 g/mol. The highest BCUT2D eigenvalue weighted by Crippen LogP contribution is 2.09. The van der Waals surface area contributed by atoms with Gasteiger partial charge in [0, 0.05) is 19.6 Å². The molecule has 1 fully saturated rings. The van der Waals surface area contributed by atoms with E-state index >= 15 is 0 Å². The van der Waals surface area contributed by atoms with Gasteiger partial charge in [-0.1, -0.05) is 5.92 Å². The van der Waals surface area contributed by atoms with Crippen molar-refractivity contribution in [2.45, 2.75) is 25.3 Å². The zero-order chi connectivity index (χ0) is 9.68. The maximum absolute atomic E-state index is 11.4. The Morgan fingerprint density at radius 1 is 1.77 bits per heavy atom. The maximum atomic E-state index is 11.4. The molecule has 3 heteroatoms. The highest BCUT2D eigenvalue weighted by Gasteiger charge is 2.20. The number of carbonyl (C=O) groups is 1. The Morgan fingerprint density at radius 3 is 3.08 bits per heavy atom. The number of carbonyl (C=O) groups excluding carboxylic acids is 1. The van der Waals surface area contributed by atoms with Crippen molar-refractivity contribution < 1.29 is 4.79 Å². The first-order valence-corrected chi connectivity index (χ1v) is 4.65. The summed E-state index contributed by atoms with van der Waals surface area (Å²) in [5, 5.41) is 3.27. The Bertz CT molecular complexity index is 213. The number of piperidine rings is 1. The van der Waals surface area contributed by atoms with E-state index in [1.165, 1.54) is 0 Å². The van der Waals surface area contributed by atoms with Crippen LogP contribution in [-0.4, -0.2) is 37.0 Å². The molecule has 0 aliphatic carbocycles. The first kappa shape index (κ1) is 10.1. The fraction of sp³-hybridized carbons (Fsp3) is 0.700. The Labute approximate surface area is 79.5 Å². The van der Waals surface area contributed by atoms with Crippen LogP contribution in [0.3, 0.4) is 0 Å². The van der Waals surface area contributed by atoms with Crippen LogP contribution in [0.4, 0.5) is 0 Å². The third-order valence-electron chi connectivity index (χ3n) is 2.47. The molecule has 1 N–H and O–H groups in total. The van der Waals surface area contributed by atoms with Crippen molar-refractivity contribution in [3.05, 3.63) is 0 Å². The number of terminal acetylenes is 1. The van der Waals surface area contributed by atoms with Crippen LogP contribution in [0, 0.1) is 12.3 Å². The minimum atomic E-state index is 0.0520. The molecule has 13 heavy (non-hydrogen) atoms. The minimum Gasteiger partial charge on any atom is -0.341 e. The van der Waals surface area contributed by atoms with Gasteiger partial charge in [-0.15, -0.1) is 6.42 Å². The second-order valence-corrected chi connectivity index (χ2v) is 3.39. The van der Waals surface area contributed by atoms with Crippen LogP contribution in [0.1, 0.15) is 19.3 Å². The van der Waals surface area contributed by atoms with Crippen LogP contribution in [0.2, 0.25) is 0 Å². The van der Waals surface area contributed by atoms with Crippen LogP contribution < -0.4 is 5.32 Å². The van der Waals surface area contributed by atoms with Crippen molar-refractivity contribution in [2.24, 2.45) is 0 Å². The molecule has 0 saturated carbocycles. The number of nitrogens with one attached hydrogen (secondary N) is 1. The van der Waals surface area contributed by atoms with Gasteiger partial charge in [-0.2, -0.15) is 0 Å². The molecule has 1 amide bonds. The molecule has 0 spiro atoms. The number of amides is 1. The molecule has 0 bridgehead atoms. The van der Waals surface area contributed by atoms with E-state index in [0.717, 1.165) is 25.9 Å². The lowest BCUT2D eigenvalue weighted by Crippen LogP contribution is -2.46. The number of hydrogen-bond donors (Lipinski definition) is 1. The molecule has 1 atom stereocenters. The van der Waals surface area contributed by atoms with Gasteiger partial charge >= 0.3 is 0 Å². The molecule has 0 aromatic heterocycles. The van der Waals surface area contributed by atoms with Gasteiger partial charge in [0.2, 0.25) is 5.91 Å². The van der Waals surface area contributed by atoms with E-state index in [1.807, 2.05) is 7.05 Å². The predicted octanol–water partition coefficient (Wildman–Crippen LogP) is 0.220. The van der Waals surface area contributed by atoms with E-state index < -0.39 is 0 Å². The molecular formula is C10H16N2O. The first-order valence-electron chi connectivity index (χ1n) is 4.65. The van der Waals surface area contributed by atoms with Crippen LogP contribution in [0.15, 0.2) is 0 Å². The topological polar surface area (TPSA) is 32.3 Å². The zero-order valence-electron chi connectivity index (χ0n) is 8.05. The van der Waals surface area contributed by atoms with Gasteiger partial charge in [0.25, 0.3) is 0 Å². The van der Waals surface area contributed by atoms with Crippen molar-refractivity contribution in [3.63, 3.8) is 0 Å². The second kappa shape index (κ2) is 4.88. The van der Waals surface area contributed by atoms with Gasteiger partial charge in [0.1, 0.15) is 0 Å². The highest BCUT2D eigenvalue weighted by atomic mass is 16.2. The molecule has 72 valence electrons. The smallest absolute Gasteiger partial charge is 0.234 e. The molecule has 1 aliphatic heterocycles. The van der Waals surface area contributed by atoms with Crippen molar-refractivity contribution in [3.8, 4) is 12.3 Å². The molecular weight excluding hydrogens is 164 g/mol. The van der Waals surface area contributed by atoms with Gasteiger partial charge in [0.05, 0.1) is 6.42 Å². The number of rotatable bonds is 2. The normalized spacial score (nSPS) is 22.0. The van der Waals surface area contributed by atoms with Gasteiger partial charge < -0.3 is 10.2 Å². The second-order valence-electron chi connectivity index (χ2n) is 3.39. The predicted molar refractivity (Wildman–Crippen MR) is 52.1 cm³/mol. The number of likely N-dealkylation sites (N-methyl/N-ethyl adjacent to an activating group) is 1. The molecule has 1 saturated heterocycles. The molecule has 0 radical (unpaired) electrons. The van der Waals surface area contributed by atoms with Crippen molar-refractivity contribution in [2.75, 3.05) is 20.1 Å². The molecule has 1 heterocycles. The van der Waals surface area contributed by atoms with Gasteiger partial charge in [0.15, 0.2) is 0 Å². The summed E-state index contributed by atoms with van der Waals surface area (Å²) in [6.45, 7) is 1.96. The fourth-order valence-electron chi connectivity index (χ4n) is 1.58.